The number of unbranched alkanes of at least 4 members (excludes halogenated alkanes) is 9. The van der Waals surface area contributed by atoms with Gasteiger partial charge in [-0.3, -0.25) is 9.59 Å². The van der Waals surface area contributed by atoms with Gasteiger partial charge < -0.3 is 0 Å². The van der Waals surface area contributed by atoms with Crippen LogP contribution in [0.15, 0.2) is 91.0 Å². The molecule has 2 aliphatic carbocycles. The van der Waals surface area contributed by atoms with Crippen molar-refractivity contribution in [2.75, 3.05) is 0 Å². The summed E-state index contributed by atoms with van der Waals surface area (Å²) in [4.78, 5) is 27.9. The Balaban J connectivity index is 1.23. The lowest BCUT2D eigenvalue weighted by Crippen LogP contribution is -2.12. The number of carbonyl (C=O) groups excluding carboxylic acids is 2. The van der Waals surface area contributed by atoms with Crippen molar-refractivity contribution in [1.82, 2.24) is 0 Å². The normalized spacial score (nSPS) is 13.3. The van der Waals surface area contributed by atoms with Crippen molar-refractivity contribution in [2.45, 2.75) is 77.6 Å². The third-order valence-electron chi connectivity index (χ3n) is 11.3. The molecule has 0 radical (unpaired) electrons. The van der Waals surface area contributed by atoms with Gasteiger partial charge in [0.15, 0.2) is 11.6 Å². The van der Waals surface area contributed by atoms with Crippen LogP contribution in [0.2, 0.25) is 0 Å². The summed E-state index contributed by atoms with van der Waals surface area (Å²) in [5.74, 6) is 0.210. The maximum atomic E-state index is 14.0. The summed E-state index contributed by atoms with van der Waals surface area (Å²) >= 11 is 0. The highest BCUT2D eigenvalue weighted by Crippen LogP contribution is 2.51. The van der Waals surface area contributed by atoms with Crippen LogP contribution in [0.1, 0.15) is 109 Å². The molecule has 0 spiro atoms. The van der Waals surface area contributed by atoms with Crippen molar-refractivity contribution >= 4 is 54.7 Å². The highest BCUT2D eigenvalue weighted by atomic mass is 16.1. The number of hydrogen-bond acceptors (Lipinski definition) is 2. The zero-order valence-corrected chi connectivity index (χ0v) is 27.8. The highest BCUT2D eigenvalue weighted by Gasteiger charge is 2.31. The van der Waals surface area contributed by atoms with Gasteiger partial charge in [-0.1, -0.05) is 138 Å². The molecule has 0 atom stereocenters. The molecule has 2 heteroatoms. The predicted molar refractivity (Wildman–Crippen MR) is 201 cm³/mol. The Morgan fingerprint density at radius 2 is 0.854 bits per heavy atom. The lowest BCUT2D eigenvalue weighted by molar-refractivity contribution is 0.103. The molecule has 0 unspecified atom stereocenters. The molecule has 0 aromatic heterocycles. The molecule has 0 bridgehead atoms. The number of ketones is 2. The van der Waals surface area contributed by atoms with Gasteiger partial charge in [0.2, 0.25) is 0 Å². The number of aryl methyl sites for hydroxylation is 1. The van der Waals surface area contributed by atoms with Gasteiger partial charge in [-0.05, 0) is 91.2 Å². The van der Waals surface area contributed by atoms with Gasteiger partial charge in [-0.2, -0.15) is 0 Å². The Hall–Kier alpha value is -4.82. The van der Waals surface area contributed by atoms with E-state index < -0.39 is 0 Å². The number of benzene rings is 7. The van der Waals surface area contributed by atoms with Crippen molar-refractivity contribution in [3.8, 4) is 22.3 Å². The second-order valence-corrected chi connectivity index (χ2v) is 14.1. The molecule has 48 heavy (non-hydrogen) atoms. The average molecular weight is 625 g/mol. The molecule has 0 fully saturated rings. The quantitative estimate of drug-likeness (QED) is 0.0815. The zero-order valence-electron chi connectivity index (χ0n) is 27.8. The van der Waals surface area contributed by atoms with Gasteiger partial charge in [-0.15, -0.1) is 0 Å². The second-order valence-electron chi connectivity index (χ2n) is 14.1. The maximum Gasteiger partial charge on any atom is 0.194 e. The lowest BCUT2D eigenvalue weighted by atomic mass is 9.75. The van der Waals surface area contributed by atoms with Crippen LogP contribution in [0.4, 0.5) is 0 Å². The summed E-state index contributed by atoms with van der Waals surface area (Å²) < 4.78 is 0. The summed E-state index contributed by atoms with van der Waals surface area (Å²) in [6.07, 6.45) is 14.1. The van der Waals surface area contributed by atoms with E-state index in [4.69, 9.17) is 0 Å². The van der Waals surface area contributed by atoms with Crippen molar-refractivity contribution in [1.29, 1.82) is 0 Å². The first kappa shape index (κ1) is 29.3. The van der Waals surface area contributed by atoms with Crippen molar-refractivity contribution in [2.24, 2.45) is 0 Å². The van der Waals surface area contributed by atoms with Gasteiger partial charge in [-0.25, -0.2) is 0 Å². The predicted octanol–water partition coefficient (Wildman–Crippen LogP) is 12.6. The first-order valence-corrected chi connectivity index (χ1v) is 18.2. The van der Waals surface area contributed by atoms with E-state index in [2.05, 4.69) is 61.5 Å². The van der Waals surface area contributed by atoms with Crippen molar-refractivity contribution in [3.63, 3.8) is 0 Å². The van der Waals surface area contributed by atoms with Gasteiger partial charge in [0.25, 0.3) is 0 Å². The van der Waals surface area contributed by atoms with E-state index in [-0.39, 0.29) is 11.6 Å². The smallest absolute Gasteiger partial charge is 0.194 e. The molecule has 0 saturated carbocycles. The summed E-state index contributed by atoms with van der Waals surface area (Å²) in [5, 5.41) is 9.31. The van der Waals surface area contributed by atoms with Crippen LogP contribution in [-0.4, -0.2) is 11.6 Å². The van der Waals surface area contributed by atoms with E-state index >= 15 is 0 Å². The van der Waals surface area contributed by atoms with E-state index in [1.807, 2.05) is 36.4 Å². The van der Waals surface area contributed by atoms with Crippen LogP contribution in [0.3, 0.4) is 0 Å². The van der Waals surface area contributed by atoms with Crippen molar-refractivity contribution in [3.05, 3.63) is 119 Å². The van der Waals surface area contributed by atoms with Crippen molar-refractivity contribution < 1.29 is 9.59 Å². The molecule has 0 amide bonds. The molecule has 2 nitrogen and oxygen atoms in total. The minimum absolute atomic E-state index is 0.102. The van der Waals surface area contributed by atoms with E-state index in [0.29, 0.717) is 0 Å². The Bertz CT molecular complexity index is 2430. The second kappa shape index (κ2) is 11.7. The fraction of sp³-hybridized carbons (Fsp3) is 0.261. The van der Waals surface area contributed by atoms with Crippen LogP contribution >= 0.6 is 0 Å². The molecule has 7 aromatic carbocycles. The van der Waals surface area contributed by atoms with Gasteiger partial charge in [0.1, 0.15) is 0 Å². The number of fused-ring (bicyclic) bond motifs is 6. The molecule has 0 saturated heterocycles. The number of carbonyl (C=O) groups is 2. The van der Waals surface area contributed by atoms with E-state index in [0.717, 1.165) is 67.9 Å². The van der Waals surface area contributed by atoms with E-state index in [9.17, 15) is 9.59 Å². The Kier molecular flexibility index (Phi) is 7.15. The zero-order chi connectivity index (χ0) is 32.4. The summed E-state index contributed by atoms with van der Waals surface area (Å²) in [6, 6.07) is 31.5. The van der Waals surface area contributed by atoms with Gasteiger partial charge in [0.05, 0.1) is 0 Å². The Labute approximate surface area is 282 Å². The average Bonchev–Trinajstić information content (AvgIpc) is 3.13. The van der Waals surface area contributed by atoms with Gasteiger partial charge in [0, 0.05) is 33.0 Å². The standard InChI is InChI=1S/C46H40O2/c1-2-3-4-5-6-7-8-9-10-11-16-28-27-39-30-18-13-15-20-35(30)46(48)38-25-23-33-32-22-21-31-29-17-12-14-19-34(29)45(47)37-26-24-36(41(32)42(31)37)40(28)44(33)43(38)39/h12-15,17-27H,2-11,16H2,1H3. The highest BCUT2D eigenvalue weighted by molar-refractivity contribution is 6.41. The van der Waals surface area contributed by atoms with E-state index in [1.54, 1.807) is 0 Å². The molecule has 0 N–H and O–H groups in total. The molecule has 236 valence electrons. The lowest BCUT2D eigenvalue weighted by Gasteiger charge is -2.27. The largest absolute Gasteiger partial charge is 0.289 e. The molecule has 2 aliphatic rings. The maximum absolute atomic E-state index is 14.0. The minimum Gasteiger partial charge on any atom is -0.289 e. The Morgan fingerprint density at radius 3 is 1.48 bits per heavy atom. The fourth-order valence-electron chi connectivity index (χ4n) is 9.02. The first-order valence-electron chi connectivity index (χ1n) is 18.2. The van der Waals surface area contributed by atoms with Crippen LogP contribution in [0.5, 0.6) is 0 Å². The molecule has 9 rings (SSSR count). The number of hydrogen-bond donors (Lipinski definition) is 0. The Morgan fingerprint density at radius 1 is 0.375 bits per heavy atom. The summed E-state index contributed by atoms with van der Waals surface area (Å²) in [7, 11) is 0. The first-order chi connectivity index (χ1) is 23.7. The van der Waals surface area contributed by atoms with Gasteiger partial charge >= 0.3 is 0 Å². The molecular formula is C46H40O2. The topological polar surface area (TPSA) is 34.1 Å². The van der Waals surface area contributed by atoms with Crippen LogP contribution < -0.4 is 0 Å². The third-order valence-corrected chi connectivity index (χ3v) is 11.3. The SMILES string of the molecule is CCCCCCCCCCCCc1cc2c3c(ccc4c5ccc6c7c(ccc(c1c34)c75)C(=O)c1ccccc1-6)C(=O)c1ccccc1-2. The molecule has 7 aromatic rings. The summed E-state index contributed by atoms with van der Waals surface area (Å²) in [6.45, 7) is 2.28. The van der Waals surface area contributed by atoms with E-state index in [1.165, 1.54) is 95.8 Å². The van der Waals surface area contributed by atoms with Crippen LogP contribution in [0, 0.1) is 0 Å². The summed E-state index contributed by atoms with van der Waals surface area (Å²) in [5.41, 5.74) is 8.89. The molecule has 0 aliphatic heterocycles. The fourth-order valence-corrected chi connectivity index (χ4v) is 9.02. The third kappa shape index (κ3) is 4.31. The van der Waals surface area contributed by atoms with Crippen LogP contribution in [-0.2, 0) is 6.42 Å². The molecular weight excluding hydrogens is 585 g/mol. The molecule has 0 heterocycles. The minimum atomic E-state index is 0.102. The number of rotatable bonds is 11. The monoisotopic (exact) mass is 624 g/mol. The van der Waals surface area contributed by atoms with Crippen LogP contribution in [0.25, 0.3) is 65.3 Å².